The molecule has 1 aromatic rings. The van der Waals surface area contributed by atoms with Crippen molar-refractivity contribution >= 4 is 15.9 Å². The third-order valence-corrected chi connectivity index (χ3v) is 3.75. The summed E-state index contributed by atoms with van der Waals surface area (Å²) >= 11 is 3.04. The Morgan fingerprint density at radius 2 is 1.65 bits per heavy atom. The molecule has 0 bridgehead atoms. The van der Waals surface area contributed by atoms with Gasteiger partial charge >= 0.3 is 0 Å². The molecule has 0 saturated carbocycles. The summed E-state index contributed by atoms with van der Waals surface area (Å²) in [6.07, 6.45) is 0. The maximum Gasteiger partial charge on any atom is 0.200 e. The van der Waals surface area contributed by atoms with E-state index in [0.717, 1.165) is 5.56 Å². The smallest absolute Gasteiger partial charge is 0.200 e. The fourth-order valence-electron chi connectivity index (χ4n) is 1.95. The minimum Gasteiger partial charge on any atom is -0.508 e. The SMILES string of the molecule is O=c1cc2oc(-c3ccc(O)cc3)ccc-2c(O)c1Br. The van der Waals surface area contributed by atoms with Crippen LogP contribution in [0.4, 0.5) is 0 Å². The first-order valence-corrected chi connectivity index (χ1v) is 6.60. The van der Waals surface area contributed by atoms with Gasteiger partial charge in [0.2, 0.25) is 0 Å². The number of rotatable bonds is 1. The predicted molar refractivity (Wildman–Crippen MR) is 78.1 cm³/mol. The van der Waals surface area contributed by atoms with Crippen molar-refractivity contribution in [2.75, 3.05) is 0 Å². The van der Waals surface area contributed by atoms with Crippen LogP contribution in [0.25, 0.3) is 22.6 Å². The van der Waals surface area contributed by atoms with Crippen molar-refractivity contribution in [2.24, 2.45) is 0 Å². The average Bonchev–Trinajstić information content (AvgIpc) is 2.45. The molecule has 0 spiro atoms. The molecule has 0 atom stereocenters. The summed E-state index contributed by atoms with van der Waals surface area (Å²) in [5.74, 6) is 0.881. The van der Waals surface area contributed by atoms with E-state index in [1.54, 1.807) is 36.4 Å². The summed E-state index contributed by atoms with van der Waals surface area (Å²) < 4.78 is 5.76. The Morgan fingerprint density at radius 1 is 0.950 bits per heavy atom. The van der Waals surface area contributed by atoms with Crippen LogP contribution in [0, 0.1) is 0 Å². The van der Waals surface area contributed by atoms with E-state index in [9.17, 15) is 15.0 Å². The lowest BCUT2D eigenvalue weighted by Gasteiger charge is -2.10. The fraction of sp³-hybridized carbons (Fsp3) is 0. The third kappa shape index (κ3) is 2.06. The van der Waals surface area contributed by atoms with Crippen molar-refractivity contribution in [3.05, 3.63) is 57.2 Å². The Hall–Kier alpha value is -2.27. The van der Waals surface area contributed by atoms with Crippen molar-refractivity contribution < 1.29 is 14.6 Å². The molecule has 5 heteroatoms. The van der Waals surface area contributed by atoms with Crippen LogP contribution in [0.15, 0.2) is 56.1 Å². The number of hydrogen-bond donors (Lipinski definition) is 2. The minimum atomic E-state index is -0.346. The molecule has 100 valence electrons. The van der Waals surface area contributed by atoms with E-state index in [2.05, 4.69) is 15.9 Å². The summed E-state index contributed by atoms with van der Waals surface area (Å²) in [4.78, 5) is 11.6. The molecular formula is C15H9BrO4. The summed E-state index contributed by atoms with van der Waals surface area (Å²) in [6, 6.07) is 11.2. The van der Waals surface area contributed by atoms with Gasteiger partial charge in [-0.3, -0.25) is 4.79 Å². The van der Waals surface area contributed by atoms with E-state index in [4.69, 9.17) is 4.42 Å². The van der Waals surface area contributed by atoms with E-state index in [0.29, 0.717) is 17.1 Å². The molecule has 2 N–H and O–H groups in total. The molecule has 4 nitrogen and oxygen atoms in total. The van der Waals surface area contributed by atoms with E-state index < -0.39 is 0 Å². The van der Waals surface area contributed by atoms with Crippen LogP contribution in [0.2, 0.25) is 0 Å². The van der Waals surface area contributed by atoms with Gasteiger partial charge < -0.3 is 14.6 Å². The van der Waals surface area contributed by atoms with Crippen LogP contribution in [-0.2, 0) is 0 Å². The second-order valence-electron chi connectivity index (χ2n) is 4.30. The monoisotopic (exact) mass is 332 g/mol. The first kappa shape index (κ1) is 12.7. The van der Waals surface area contributed by atoms with Gasteiger partial charge in [-0.2, -0.15) is 0 Å². The van der Waals surface area contributed by atoms with Gasteiger partial charge in [0, 0.05) is 11.6 Å². The molecule has 2 aliphatic rings. The molecule has 0 saturated heterocycles. The van der Waals surface area contributed by atoms with Gasteiger partial charge in [-0.15, -0.1) is 0 Å². The van der Waals surface area contributed by atoms with Crippen LogP contribution in [0.1, 0.15) is 0 Å². The zero-order valence-electron chi connectivity index (χ0n) is 10.1. The number of halogens is 1. The lowest BCUT2D eigenvalue weighted by molar-refractivity contribution is 0.468. The van der Waals surface area contributed by atoms with Gasteiger partial charge in [-0.25, -0.2) is 0 Å². The van der Waals surface area contributed by atoms with Crippen molar-refractivity contribution in [3.63, 3.8) is 0 Å². The molecule has 0 amide bonds. The molecule has 1 aliphatic carbocycles. The molecule has 0 unspecified atom stereocenters. The highest BCUT2D eigenvalue weighted by atomic mass is 79.9. The largest absolute Gasteiger partial charge is 0.508 e. The molecule has 0 aromatic heterocycles. The Balaban J connectivity index is 2.21. The topological polar surface area (TPSA) is 70.7 Å². The van der Waals surface area contributed by atoms with Gasteiger partial charge in [-0.05, 0) is 52.3 Å². The van der Waals surface area contributed by atoms with E-state index in [-0.39, 0.29) is 21.4 Å². The number of hydrogen-bond acceptors (Lipinski definition) is 4. The van der Waals surface area contributed by atoms with Crippen LogP contribution < -0.4 is 5.43 Å². The summed E-state index contributed by atoms with van der Waals surface area (Å²) in [5.41, 5.74) is 0.875. The normalized spacial score (nSPS) is 10.8. The third-order valence-electron chi connectivity index (χ3n) is 2.98. The number of benzene rings is 2. The van der Waals surface area contributed by atoms with Crippen LogP contribution in [-0.4, -0.2) is 10.2 Å². The van der Waals surface area contributed by atoms with Crippen LogP contribution >= 0.6 is 15.9 Å². The average molecular weight is 333 g/mol. The van der Waals surface area contributed by atoms with Crippen LogP contribution in [0.3, 0.4) is 0 Å². The summed E-state index contributed by atoms with van der Waals surface area (Å²) in [5, 5.41) is 19.2. The molecule has 0 fully saturated rings. The Kier molecular flexibility index (Phi) is 2.99. The quantitative estimate of drug-likeness (QED) is 0.714. The fourth-order valence-corrected chi connectivity index (χ4v) is 2.28. The highest BCUT2D eigenvalue weighted by Crippen LogP contribution is 2.37. The van der Waals surface area contributed by atoms with Gasteiger partial charge in [0.25, 0.3) is 0 Å². The number of phenols is 2. The highest BCUT2D eigenvalue weighted by Gasteiger charge is 2.17. The van der Waals surface area contributed by atoms with E-state index >= 15 is 0 Å². The molecule has 3 rings (SSSR count). The first-order valence-electron chi connectivity index (χ1n) is 5.81. The van der Waals surface area contributed by atoms with Crippen molar-refractivity contribution in [3.8, 4) is 34.1 Å². The summed E-state index contributed by atoms with van der Waals surface area (Å²) in [6.45, 7) is 0. The van der Waals surface area contributed by atoms with Crippen molar-refractivity contribution in [1.82, 2.24) is 0 Å². The van der Waals surface area contributed by atoms with Gasteiger partial charge in [-0.1, -0.05) is 0 Å². The number of aromatic hydroxyl groups is 2. The van der Waals surface area contributed by atoms with Crippen LogP contribution in [0.5, 0.6) is 11.5 Å². The lowest BCUT2D eigenvalue weighted by atomic mass is 10.1. The first-order chi connectivity index (χ1) is 9.56. The van der Waals surface area contributed by atoms with E-state index in [1.165, 1.54) is 6.07 Å². The van der Waals surface area contributed by atoms with Gasteiger partial charge in [0.15, 0.2) is 5.43 Å². The number of fused-ring (bicyclic) bond motifs is 1. The second-order valence-corrected chi connectivity index (χ2v) is 5.09. The molecule has 1 aromatic carbocycles. The predicted octanol–water partition coefficient (Wildman–Crippen LogP) is 3.59. The van der Waals surface area contributed by atoms with Gasteiger partial charge in [0.1, 0.15) is 27.5 Å². The van der Waals surface area contributed by atoms with E-state index in [1.807, 2.05) is 0 Å². The minimum absolute atomic E-state index is 0.123. The Morgan fingerprint density at radius 3 is 2.35 bits per heavy atom. The molecule has 20 heavy (non-hydrogen) atoms. The number of phenolic OH excluding ortho intramolecular Hbond substituents is 2. The maximum absolute atomic E-state index is 11.6. The maximum atomic E-state index is 11.6. The molecule has 0 radical (unpaired) electrons. The lowest BCUT2D eigenvalue weighted by Crippen LogP contribution is -2.02. The molecule has 1 aliphatic heterocycles. The Labute approximate surface area is 122 Å². The highest BCUT2D eigenvalue weighted by molar-refractivity contribution is 9.10. The standard InChI is InChI=1S/C15H9BrO4/c16-14-11(18)7-13-10(15(14)19)5-6-12(20-13)8-1-3-9(17)4-2-8/h1-7,17,19H. The molecule has 1 heterocycles. The zero-order valence-corrected chi connectivity index (χ0v) is 11.7. The molecular weight excluding hydrogens is 324 g/mol. The van der Waals surface area contributed by atoms with Gasteiger partial charge in [0.05, 0.1) is 5.56 Å². The zero-order chi connectivity index (χ0) is 14.3. The van der Waals surface area contributed by atoms with Crippen molar-refractivity contribution in [1.29, 1.82) is 0 Å². The second kappa shape index (κ2) is 4.68. The summed E-state index contributed by atoms with van der Waals surface area (Å²) in [7, 11) is 0. The Bertz CT molecular complexity index is 805. The van der Waals surface area contributed by atoms with Crippen molar-refractivity contribution in [2.45, 2.75) is 0 Å².